The summed E-state index contributed by atoms with van der Waals surface area (Å²) in [5, 5.41) is 0. The number of rotatable bonds is 5. The number of nitrogen functional groups attached to an aromatic ring is 1. The zero-order valence-electron chi connectivity index (χ0n) is 14.5. The summed E-state index contributed by atoms with van der Waals surface area (Å²) in [4.78, 5) is 24.7. The van der Waals surface area contributed by atoms with Crippen molar-refractivity contribution in [1.82, 2.24) is 0 Å². The van der Waals surface area contributed by atoms with Crippen molar-refractivity contribution in [1.29, 1.82) is 0 Å². The van der Waals surface area contributed by atoms with Gasteiger partial charge in [-0.25, -0.2) is 9.59 Å². The van der Waals surface area contributed by atoms with Gasteiger partial charge in [-0.1, -0.05) is 32.0 Å². The van der Waals surface area contributed by atoms with Crippen molar-refractivity contribution in [3.8, 4) is 11.1 Å². The number of esters is 2. The smallest absolute Gasteiger partial charge is 0.340 e. The van der Waals surface area contributed by atoms with E-state index >= 15 is 0 Å². The topological polar surface area (TPSA) is 78.6 Å². The van der Waals surface area contributed by atoms with E-state index in [1.165, 1.54) is 0 Å². The second-order valence-electron chi connectivity index (χ2n) is 5.76. The van der Waals surface area contributed by atoms with Gasteiger partial charge in [-0.05, 0) is 42.5 Å². The van der Waals surface area contributed by atoms with E-state index in [0.29, 0.717) is 11.1 Å². The molecule has 0 aliphatic heterocycles. The molecule has 0 bridgehead atoms. The van der Waals surface area contributed by atoms with Gasteiger partial charge in [0.2, 0.25) is 0 Å². The Bertz CT molecular complexity index is 737. The highest BCUT2D eigenvalue weighted by molar-refractivity contribution is 6.15. The minimum absolute atomic E-state index is 0.114. The molecule has 5 heteroatoms. The number of carbonyl (C=O) groups excluding carboxylic acids is 2. The summed E-state index contributed by atoms with van der Waals surface area (Å²) in [7, 11) is 0. The Morgan fingerprint density at radius 1 is 1.00 bits per heavy atom. The molecular formula is C19H23NO4. The number of fused-ring (bicyclic) bond motifs is 1. The molecule has 0 heterocycles. The molecule has 5 nitrogen and oxygen atoms in total. The third-order valence-corrected chi connectivity index (χ3v) is 3.86. The molecule has 2 aliphatic rings. The van der Waals surface area contributed by atoms with Gasteiger partial charge in [-0.2, -0.15) is 0 Å². The van der Waals surface area contributed by atoms with Crippen molar-refractivity contribution in [2.24, 2.45) is 0 Å². The molecule has 0 saturated carbocycles. The molecule has 0 aromatic heterocycles. The number of hydrogen-bond donors (Lipinski definition) is 1. The zero-order valence-corrected chi connectivity index (χ0v) is 14.5. The summed E-state index contributed by atoms with van der Waals surface area (Å²) < 4.78 is 10.2. The van der Waals surface area contributed by atoms with E-state index in [9.17, 15) is 9.59 Å². The van der Waals surface area contributed by atoms with Crippen LogP contribution >= 0.6 is 0 Å². The van der Waals surface area contributed by atoms with E-state index in [1.54, 1.807) is 19.9 Å². The van der Waals surface area contributed by atoms with Crippen molar-refractivity contribution in [3.63, 3.8) is 0 Å². The monoisotopic (exact) mass is 329 g/mol. The van der Waals surface area contributed by atoms with Crippen LogP contribution in [0.15, 0.2) is 24.3 Å². The third kappa shape index (κ3) is 3.20. The molecule has 0 atom stereocenters. The average molecular weight is 329 g/mol. The lowest BCUT2D eigenvalue weighted by molar-refractivity contribution is 0.0525. The molecule has 0 fully saturated rings. The first-order valence-electron chi connectivity index (χ1n) is 8.11. The maximum absolute atomic E-state index is 12.4. The Hall–Kier alpha value is -2.56. The lowest BCUT2D eigenvalue weighted by Crippen LogP contribution is -2.09. The quantitative estimate of drug-likeness (QED) is 0.843. The summed E-state index contributed by atoms with van der Waals surface area (Å²) in [6.45, 7) is 8.03. The van der Waals surface area contributed by atoms with Gasteiger partial charge in [-0.3, -0.25) is 0 Å². The van der Waals surface area contributed by atoms with Crippen molar-refractivity contribution in [2.75, 3.05) is 18.9 Å². The van der Waals surface area contributed by atoms with Crippen molar-refractivity contribution >= 4 is 17.6 Å². The summed E-state index contributed by atoms with van der Waals surface area (Å²) in [5.41, 5.74) is 8.96. The highest BCUT2D eigenvalue weighted by Crippen LogP contribution is 2.40. The summed E-state index contributed by atoms with van der Waals surface area (Å²) >= 11 is 0. The van der Waals surface area contributed by atoms with Crippen LogP contribution in [0, 0.1) is 0 Å². The highest BCUT2D eigenvalue weighted by Gasteiger charge is 2.30. The average Bonchev–Trinajstić information content (AvgIpc) is 2.66. The van der Waals surface area contributed by atoms with Crippen LogP contribution in [0.25, 0.3) is 11.1 Å². The Morgan fingerprint density at radius 3 is 2.04 bits per heavy atom. The molecular weight excluding hydrogens is 306 g/mol. The molecule has 0 spiro atoms. The number of hydrogen-bond acceptors (Lipinski definition) is 5. The van der Waals surface area contributed by atoms with Crippen LogP contribution in [0.4, 0.5) is 5.69 Å². The fourth-order valence-electron chi connectivity index (χ4n) is 2.68. The third-order valence-electron chi connectivity index (χ3n) is 3.86. The summed E-state index contributed by atoms with van der Waals surface area (Å²) in [5.74, 6) is -0.804. The first-order chi connectivity index (χ1) is 11.4. The van der Waals surface area contributed by atoms with Crippen LogP contribution in [0.2, 0.25) is 0 Å². The fourth-order valence-corrected chi connectivity index (χ4v) is 2.68. The fraction of sp³-hybridized carbons (Fsp3) is 0.368. The summed E-state index contributed by atoms with van der Waals surface area (Å²) in [6.07, 6.45) is 0. The Balaban J connectivity index is 2.76. The van der Waals surface area contributed by atoms with Crippen LogP contribution in [0.3, 0.4) is 0 Å². The van der Waals surface area contributed by atoms with E-state index < -0.39 is 11.9 Å². The van der Waals surface area contributed by atoms with Gasteiger partial charge in [0.1, 0.15) is 0 Å². The predicted molar refractivity (Wildman–Crippen MR) is 93.5 cm³/mol. The van der Waals surface area contributed by atoms with E-state index in [0.717, 1.165) is 5.56 Å². The van der Waals surface area contributed by atoms with Crippen LogP contribution in [-0.4, -0.2) is 25.2 Å². The minimum Gasteiger partial charge on any atom is -0.462 e. The number of nitrogens with two attached hydrogens (primary N) is 1. The zero-order chi connectivity index (χ0) is 17.9. The van der Waals surface area contributed by atoms with Gasteiger partial charge in [0.05, 0.1) is 30.0 Å². The number of carbonyl (C=O) groups is 2. The van der Waals surface area contributed by atoms with Gasteiger partial charge in [-0.15, -0.1) is 0 Å². The van der Waals surface area contributed by atoms with E-state index in [1.807, 2.05) is 18.2 Å². The van der Waals surface area contributed by atoms with E-state index in [4.69, 9.17) is 15.2 Å². The van der Waals surface area contributed by atoms with Crippen molar-refractivity contribution < 1.29 is 19.1 Å². The standard InChI is InChI=1S/C19H23NO4/c1-5-23-18(21)15-13-9-7-8-12(11(3)4)10-14(13)16(17(15)20)19(22)24-6-2/h7-11H,5-6,20H2,1-4H3. The summed E-state index contributed by atoms with van der Waals surface area (Å²) in [6, 6.07) is 7.50. The van der Waals surface area contributed by atoms with E-state index in [2.05, 4.69) is 13.8 Å². The van der Waals surface area contributed by atoms with Gasteiger partial charge in [0.25, 0.3) is 0 Å². The van der Waals surface area contributed by atoms with Gasteiger partial charge in [0.15, 0.2) is 0 Å². The van der Waals surface area contributed by atoms with Gasteiger partial charge in [0, 0.05) is 0 Å². The largest absolute Gasteiger partial charge is 0.462 e. The predicted octanol–water partition coefficient (Wildman–Crippen LogP) is 3.85. The minimum atomic E-state index is -0.534. The van der Waals surface area contributed by atoms with Gasteiger partial charge >= 0.3 is 11.9 Å². The molecule has 0 amide bonds. The normalized spacial score (nSPS) is 10.9. The Kier molecular flexibility index (Phi) is 5.44. The maximum Gasteiger partial charge on any atom is 0.340 e. The molecule has 0 unspecified atom stereocenters. The molecule has 2 rings (SSSR count). The molecule has 24 heavy (non-hydrogen) atoms. The van der Waals surface area contributed by atoms with Crippen molar-refractivity contribution in [3.05, 3.63) is 41.0 Å². The lowest BCUT2D eigenvalue weighted by Gasteiger charge is -2.05. The molecule has 128 valence electrons. The Morgan fingerprint density at radius 2 is 1.54 bits per heavy atom. The number of ether oxygens (including phenoxy) is 2. The molecule has 0 saturated heterocycles. The molecule has 2 N–H and O–H groups in total. The second kappa shape index (κ2) is 7.34. The molecule has 2 aliphatic carbocycles. The van der Waals surface area contributed by atoms with E-state index in [-0.39, 0.29) is 35.9 Å². The number of anilines is 1. The maximum atomic E-state index is 12.4. The molecule has 0 aromatic rings. The van der Waals surface area contributed by atoms with Crippen molar-refractivity contribution in [2.45, 2.75) is 33.6 Å². The van der Waals surface area contributed by atoms with Crippen LogP contribution < -0.4 is 5.73 Å². The van der Waals surface area contributed by atoms with Gasteiger partial charge < -0.3 is 15.2 Å². The van der Waals surface area contributed by atoms with Crippen LogP contribution in [0.5, 0.6) is 0 Å². The first kappa shape index (κ1) is 17.8. The first-order valence-corrected chi connectivity index (χ1v) is 8.11. The lowest BCUT2D eigenvalue weighted by atomic mass is 10.0. The second-order valence-corrected chi connectivity index (χ2v) is 5.76. The Labute approximate surface area is 142 Å². The molecule has 0 aromatic carbocycles. The van der Waals surface area contributed by atoms with Crippen LogP contribution in [0.1, 0.15) is 59.9 Å². The SMILES string of the molecule is CCOC(=O)c1c2cccc(C(C)C)cc-2c(C(=O)OCC)c1N. The molecule has 0 radical (unpaired) electrons. The highest BCUT2D eigenvalue weighted by atomic mass is 16.5. The van der Waals surface area contributed by atoms with Crippen LogP contribution in [-0.2, 0) is 9.47 Å².